The first-order valence-electron chi connectivity index (χ1n) is 2.29. The van der Waals surface area contributed by atoms with E-state index in [-0.39, 0.29) is 13.6 Å². The minimum Gasteiger partial charge on any atom is -0.371 e. The zero-order chi connectivity index (χ0) is 6.24. The second-order valence-electron chi connectivity index (χ2n) is 1.07. The lowest BCUT2D eigenvalue weighted by Crippen LogP contribution is -2.04. The Morgan fingerprint density at radius 3 is 1.50 bits per heavy atom. The van der Waals surface area contributed by atoms with E-state index in [0.717, 1.165) is 0 Å². The van der Waals surface area contributed by atoms with Gasteiger partial charge >= 0.3 is 0 Å². The molecule has 0 spiro atoms. The Balaban J connectivity index is 2.53. The highest BCUT2D eigenvalue weighted by Crippen LogP contribution is 1.72. The lowest BCUT2D eigenvalue weighted by atomic mass is 10.8. The van der Waals surface area contributed by atoms with Gasteiger partial charge < -0.3 is 19.7 Å². The van der Waals surface area contributed by atoms with Crippen molar-refractivity contribution in [1.82, 2.24) is 0 Å². The van der Waals surface area contributed by atoms with Gasteiger partial charge in [-0.25, -0.2) is 0 Å². The molecular formula is C4H10O4. The van der Waals surface area contributed by atoms with E-state index in [1.165, 1.54) is 0 Å². The molecule has 0 aromatic heterocycles. The van der Waals surface area contributed by atoms with Crippen LogP contribution in [0.5, 0.6) is 0 Å². The van der Waals surface area contributed by atoms with E-state index < -0.39 is 0 Å². The minimum atomic E-state index is -0.297. The van der Waals surface area contributed by atoms with Gasteiger partial charge in [0.2, 0.25) is 0 Å². The molecule has 0 fully saturated rings. The molecule has 0 amide bonds. The summed E-state index contributed by atoms with van der Waals surface area (Å²) in [5.41, 5.74) is 0. The maximum absolute atomic E-state index is 8.03. The van der Waals surface area contributed by atoms with E-state index in [0.29, 0.717) is 13.2 Å². The Hall–Kier alpha value is -0.160. The van der Waals surface area contributed by atoms with Crippen LogP contribution in [-0.4, -0.2) is 37.0 Å². The molecular weight excluding hydrogens is 112 g/mol. The van der Waals surface area contributed by atoms with Crippen LogP contribution >= 0.6 is 0 Å². The van der Waals surface area contributed by atoms with Gasteiger partial charge in [-0.05, 0) is 0 Å². The summed E-state index contributed by atoms with van der Waals surface area (Å²) >= 11 is 0. The van der Waals surface area contributed by atoms with Gasteiger partial charge in [-0.15, -0.1) is 0 Å². The van der Waals surface area contributed by atoms with E-state index in [4.69, 9.17) is 10.2 Å². The molecule has 0 aliphatic rings. The maximum Gasteiger partial charge on any atom is 0.143 e. The molecule has 0 aliphatic heterocycles. The molecule has 0 aromatic carbocycles. The summed E-state index contributed by atoms with van der Waals surface area (Å²) < 4.78 is 8.91. The Morgan fingerprint density at radius 2 is 1.25 bits per heavy atom. The van der Waals surface area contributed by atoms with Gasteiger partial charge in [0, 0.05) is 0 Å². The lowest BCUT2D eigenvalue weighted by molar-refractivity contribution is -0.0600. The van der Waals surface area contributed by atoms with E-state index in [1.807, 2.05) is 0 Å². The molecule has 0 aliphatic carbocycles. The molecule has 50 valence electrons. The smallest absolute Gasteiger partial charge is 0.143 e. The zero-order valence-electron chi connectivity index (χ0n) is 4.54. The van der Waals surface area contributed by atoms with Crippen LogP contribution in [0.4, 0.5) is 0 Å². The van der Waals surface area contributed by atoms with Gasteiger partial charge in [0.15, 0.2) is 0 Å². The van der Waals surface area contributed by atoms with E-state index in [1.54, 1.807) is 0 Å². The van der Waals surface area contributed by atoms with Crippen molar-refractivity contribution in [3.05, 3.63) is 0 Å². The van der Waals surface area contributed by atoms with E-state index in [2.05, 4.69) is 9.47 Å². The van der Waals surface area contributed by atoms with Crippen molar-refractivity contribution in [2.75, 3.05) is 26.8 Å². The Morgan fingerprint density at radius 1 is 0.875 bits per heavy atom. The van der Waals surface area contributed by atoms with Crippen molar-refractivity contribution < 1.29 is 19.7 Å². The maximum atomic E-state index is 8.03. The van der Waals surface area contributed by atoms with Gasteiger partial charge in [-0.3, -0.25) is 0 Å². The van der Waals surface area contributed by atoms with Crippen molar-refractivity contribution >= 4 is 0 Å². The predicted molar refractivity (Wildman–Crippen MR) is 26.1 cm³/mol. The van der Waals surface area contributed by atoms with E-state index >= 15 is 0 Å². The van der Waals surface area contributed by atoms with Crippen LogP contribution in [0.25, 0.3) is 0 Å². The second kappa shape index (κ2) is 6.84. The average molecular weight is 122 g/mol. The van der Waals surface area contributed by atoms with Crippen LogP contribution in [0.1, 0.15) is 0 Å². The van der Waals surface area contributed by atoms with Crippen molar-refractivity contribution in [2.45, 2.75) is 0 Å². The first-order chi connectivity index (χ1) is 3.91. The molecule has 0 bridgehead atoms. The van der Waals surface area contributed by atoms with Crippen LogP contribution < -0.4 is 0 Å². The average Bonchev–Trinajstić information content (AvgIpc) is 1.81. The van der Waals surface area contributed by atoms with Crippen molar-refractivity contribution in [1.29, 1.82) is 0 Å². The number of aliphatic hydroxyl groups excluding tert-OH is 2. The van der Waals surface area contributed by atoms with Crippen LogP contribution in [0.3, 0.4) is 0 Å². The molecule has 2 N–H and O–H groups in total. The van der Waals surface area contributed by atoms with Gasteiger partial charge in [0.1, 0.15) is 13.6 Å². The summed E-state index contributed by atoms with van der Waals surface area (Å²) in [6.45, 7) is 0.0394. The van der Waals surface area contributed by atoms with Crippen LogP contribution in [-0.2, 0) is 9.47 Å². The summed E-state index contributed by atoms with van der Waals surface area (Å²) in [7, 11) is 0. The summed E-state index contributed by atoms with van der Waals surface area (Å²) in [6.07, 6.45) is 0. The number of aliphatic hydroxyl groups is 2. The summed E-state index contributed by atoms with van der Waals surface area (Å²) in [4.78, 5) is 0. The van der Waals surface area contributed by atoms with Gasteiger partial charge in [-0.1, -0.05) is 0 Å². The topological polar surface area (TPSA) is 58.9 Å². The van der Waals surface area contributed by atoms with Crippen LogP contribution in [0.2, 0.25) is 0 Å². The third-order valence-corrected chi connectivity index (χ3v) is 0.555. The summed E-state index contributed by atoms with van der Waals surface area (Å²) in [5.74, 6) is 0. The highest BCUT2D eigenvalue weighted by molar-refractivity contribution is 4.20. The molecule has 0 aromatic rings. The largest absolute Gasteiger partial charge is 0.371 e. The molecule has 0 heterocycles. The third-order valence-electron chi connectivity index (χ3n) is 0.555. The predicted octanol–water partition coefficient (Wildman–Crippen LogP) is -1.08. The van der Waals surface area contributed by atoms with Crippen LogP contribution in [0.15, 0.2) is 0 Å². The molecule has 4 nitrogen and oxygen atoms in total. The Labute approximate surface area is 47.6 Å². The Kier molecular flexibility index (Phi) is 6.70. The van der Waals surface area contributed by atoms with Gasteiger partial charge in [0.05, 0.1) is 13.2 Å². The molecule has 0 radical (unpaired) electrons. The fraction of sp³-hybridized carbons (Fsp3) is 1.00. The molecule has 0 unspecified atom stereocenters. The molecule has 0 rings (SSSR count). The van der Waals surface area contributed by atoms with E-state index in [9.17, 15) is 0 Å². The molecule has 0 saturated carbocycles. The zero-order valence-corrected chi connectivity index (χ0v) is 4.54. The summed E-state index contributed by atoms with van der Waals surface area (Å²) in [6, 6.07) is 0. The molecule has 8 heavy (non-hydrogen) atoms. The fourth-order valence-corrected chi connectivity index (χ4v) is 0.247. The molecule has 0 saturated heterocycles. The SMILES string of the molecule is OCOCCOCO. The standard InChI is InChI=1S/C4H10O4/c5-3-7-1-2-8-4-6/h5-6H,1-4H2. The van der Waals surface area contributed by atoms with Crippen molar-refractivity contribution in [3.63, 3.8) is 0 Å². The fourth-order valence-electron chi connectivity index (χ4n) is 0.247. The van der Waals surface area contributed by atoms with Crippen LogP contribution in [0, 0.1) is 0 Å². The van der Waals surface area contributed by atoms with Gasteiger partial charge in [0.25, 0.3) is 0 Å². The number of ether oxygens (including phenoxy) is 2. The monoisotopic (exact) mass is 122 g/mol. The lowest BCUT2D eigenvalue weighted by Gasteiger charge is -1.97. The quantitative estimate of drug-likeness (QED) is 0.359. The highest BCUT2D eigenvalue weighted by atomic mass is 16.6. The molecule has 0 atom stereocenters. The first-order valence-corrected chi connectivity index (χ1v) is 2.29. The minimum absolute atomic E-state index is 0.297. The first kappa shape index (κ1) is 7.84. The van der Waals surface area contributed by atoms with Crippen molar-refractivity contribution in [3.8, 4) is 0 Å². The normalized spacial score (nSPS) is 9.75. The van der Waals surface area contributed by atoms with Gasteiger partial charge in [-0.2, -0.15) is 0 Å². The Bertz CT molecular complexity index is 33.0. The summed E-state index contributed by atoms with van der Waals surface area (Å²) in [5, 5.41) is 16.1. The second-order valence-corrected chi connectivity index (χ2v) is 1.07. The molecule has 4 heteroatoms. The number of hydrogen-bond acceptors (Lipinski definition) is 4. The highest BCUT2D eigenvalue weighted by Gasteiger charge is 1.82. The third kappa shape index (κ3) is 5.84. The number of hydrogen-bond donors (Lipinski definition) is 2. The number of rotatable bonds is 5. The van der Waals surface area contributed by atoms with Crippen molar-refractivity contribution in [2.24, 2.45) is 0 Å².